The van der Waals surface area contributed by atoms with E-state index in [-0.39, 0.29) is 5.91 Å². The highest BCUT2D eigenvalue weighted by Crippen LogP contribution is 2.36. The largest absolute Gasteiger partial charge is 0.493 e. The highest BCUT2D eigenvalue weighted by atomic mass is 79.9. The van der Waals surface area contributed by atoms with E-state index in [0.29, 0.717) is 11.5 Å². The average molecular weight is 376 g/mol. The van der Waals surface area contributed by atoms with Gasteiger partial charge in [0.05, 0.1) is 18.7 Å². The minimum Gasteiger partial charge on any atom is -0.493 e. The van der Waals surface area contributed by atoms with Gasteiger partial charge in [-0.15, -0.1) is 0 Å². The van der Waals surface area contributed by atoms with Crippen LogP contribution in [0.15, 0.2) is 46.9 Å². The summed E-state index contributed by atoms with van der Waals surface area (Å²) >= 11 is 3.43. The topological polar surface area (TPSA) is 47.6 Å². The number of nitrogens with one attached hydrogen (secondary N) is 1. The summed E-state index contributed by atoms with van der Waals surface area (Å²) in [6.45, 7) is 1.95. The highest BCUT2D eigenvalue weighted by Gasteiger charge is 2.09. The molecular formula is C18H18BrNO3. The Balaban J connectivity index is 2.15. The Morgan fingerprint density at radius 1 is 1.17 bits per heavy atom. The fourth-order valence-corrected chi connectivity index (χ4v) is 2.72. The zero-order valence-corrected chi connectivity index (χ0v) is 14.8. The van der Waals surface area contributed by atoms with E-state index in [1.54, 1.807) is 26.4 Å². The fourth-order valence-electron chi connectivity index (χ4n) is 2.09. The number of aryl methyl sites for hydroxylation is 1. The number of hydrogen-bond donors (Lipinski definition) is 1. The van der Waals surface area contributed by atoms with E-state index in [0.717, 1.165) is 21.3 Å². The van der Waals surface area contributed by atoms with Gasteiger partial charge in [-0.3, -0.25) is 4.79 Å². The molecule has 1 N–H and O–H groups in total. The summed E-state index contributed by atoms with van der Waals surface area (Å²) in [5.41, 5.74) is 2.65. The molecule has 0 bridgehead atoms. The lowest BCUT2D eigenvalue weighted by molar-refractivity contribution is -0.111. The van der Waals surface area contributed by atoms with Crippen molar-refractivity contribution in [3.63, 3.8) is 0 Å². The Bertz CT molecular complexity index is 741. The summed E-state index contributed by atoms with van der Waals surface area (Å²) in [5.74, 6) is 1.03. The van der Waals surface area contributed by atoms with Gasteiger partial charge < -0.3 is 14.8 Å². The van der Waals surface area contributed by atoms with Crippen LogP contribution in [0.25, 0.3) is 6.08 Å². The molecule has 0 aliphatic heterocycles. The lowest BCUT2D eigenvalue weighted by Crippen LogP contribution is -2.08. The molecule has 1 amide bonds. The van der Waals surface area contributed by atoms with Crippen LogP contribution in [0.1, 0.15) is 11.1 Å². The molecule has 4 nitrogen and oxygen atoms in total. The van der Waals surface area contributed by atoms with Gasteiger partial charge in [-0.1, -0.05) is 18.2 Å². The number of para-hydroxylation sites is 1. The number of carbonyl (C=O) groups excluding carboxylic acids is 1. The molecule has 0 aliphatic carbocycles. The monoisotopic (exact) mass is 375 g/mol. The first-order valence-corrected chi connectivity index (χ1v) is 7.80. The lowest BCUT2D eigenvalue weighted by atomic mass is 10.1. The average Bonchev–Trinajstić information content (AvgIpc) is 2.54. The van der Waals surface area contributed by atoms with Crippen LogP contribution < -0.4 is 14.8 Å². The number of benzene rings is 2. The molecule has 0 saturated heterocycles. The maximum atomic E-state index is 12.0. The van der Waals surface area contributed by atoms with Crippen molar-refractivity contribution < 1.29 is 14.3 Å². The van der Waals surface area contributed by atoms with Crippen molar-refractivity contribution in [1.82, 2.24) is 0 Å². The first-order valence-electron chi connectivity index (χ1n) is 7.01. The molecular weight excluding hydrogens is 358 g/mol. The van der Waals surface area contributed by atoms with Crippen molar-refractivity contribution >= 4 is 33.6 Å². The van der Waals surface area contributed by atoms with E-state index in [4.69, 9.17) is 9.47 Å². The first-order chi connectivity index (χ1) is 11.0. The van der Waals surface area contributed by atoms with Crippen LogP contribution in [0.2, 0.25) is 0 Å². The predicted octanol–water partition coefficient (Wildman–Crippen LogP) is 4.43. The number of carbonyl (C=O) groups is 1. The van der Waals surface area contributed by atoms with E-state index in [1.807, 2.05) is 37.3 Å². The van der Waals surface area contributed by atoms with Gasteiger partial charge in [-0.25, -0.2) is 0 Å². The van der Waals surface area contributed by atoms with Gasteiger partial charge in [0, 0.05) is 11.8 Å². The van der Waals surface area contributed by atoms with Gasteiger partial charge >= 0.3 is 0 Å². The summed E-state index contributed by atoms with van der Waals surface area (Å²) in [4.78, 5) is 12.0. The van der Waals surface area contributed by atoms with Crippen LogP contribution in [-0.4, -0.2) is 20.1 Å². The quantitative estimate of drug-likeness (QED) is 0.786. The summed E-state index contributed by atoms with van der Waals surface area (Å²) in [5, 5.41) is 2.85. The molecule has 0 aliphatic rings. The molecule has 0 aromatic heterocycles. The van der Waals surface area contributed by atoms with Crippen LogP contribution in [0.5, 0.6) is 11.5 Å². The van der Waals surface area contributed by atoms with Crippen LogP contribution >= 0.6 is 15.9 Å². The van der Waals surface area contributed by atoms with Gasteiger partial charge in [0.25, 0.3) is 0 Å². The summed E-state index contributed by atoms with van der Waals surface area (Å²) in [6.07, 6.45) is 3.21. The summed E-state index contributed by atoms with van der Waals surface area (Å²) in [7, 11) is 3.15. The predicted molar refractivity (Wildman–Crippen MR) is 96.1 cm³/mol. The highest BCUT2D eigenvalue weighted by molar-refractivity contribution is 9.10. The number of rotatable bonds is 5. The van der Waals surface area contributed by atoms with Gasteiger partial charge in [0.1, 0.15) is 0 Å². The maximum Gasteiger partial charge on any atom is 0.248 e. The Kier molecular flexibility index (Phi) is 5.82. The number of ether oxygens (including phenoxy) is 2. The SMILES string of the molecule is COc1cc(/C=C/C(=O)Nc2ccccc2C)cc(Br)c1OC. The minimum atomic E-state index is -0.190. The fraction of sp³-hybridized carbons (Fsp3) is 0.167. The van der Waals surface area contributed by atoms with Crippen molar-refractivity contribution in [2.75, 3.05) is 19.5 Å². The van der Waals surface area contributed by atoms with Gasteiger partial charge in [-0.05, 0) is 58.3 Å². The smallest absolute Gasteiger partial charge is 0.248 e. The molecule has 0 radical (unpaired) electrons. The Hall–Kier alpha value is -2.27. The third-order valence-electron chi connectivity index (χ3n) is 3.29. The molecule has 23 heavy (non-hydrogen) atoms. The number of anilines is 1. The Labute approximate surface area is 144 Å². The number of halogens is 1. The van der Waals surface area contributed by atoms with Crippen LogP contribution in [0.3, 0.4) is 0 Å². The zero-order chi connectivity index (χ0) is 16.8. The Morgan fingerprint density at radius 3 is 2.57 bits per heavy atom. The molecule has 0 atom stereocenters. The standard InChI is InChI=1S/C18H18BrNO3/c1-12-6-4-5-7-15(12)20-17(21)9-8-13-10-14(19)18(23-3)16(11-13)22-2/h4-11H,1-3H3,(H,20,21)/b9-8+. The third-order valence-corrected chi connectivity index (χ3v) is 3.88. The molecule has 0 heterocycles. The third kappa shape index (κ3) is 4.36. The van der Waals surface area contributed by atoms with E-state index >= 15 is 0 Å². The maximum absolute atomic E-state index is 12.0. The van der Waals surface area contributed by atoms with Gasteiger partial charge in [0.2, 0.25) is 5.91 Å². The lowest BCUT2D eigenvalue weighted by Gasteiger charge is -2.10. The number of hydrogen-bond acceptors (Lipinski definition) is 3. The second-order valence-corrected chi connectivity index (χ2v) is 5.73. The minimum absolute atomic E-state index is 0.190. The molecule has 0 saturated carbocycles. The van der Waals surface area contributed by atoms with E-state index in [9.17, 15) is 4.79 Å². The molecule has 0 spiro atoms. The normalized spacial score (nSPS) is 10.6. The first kappa shape index (κ1) is 17.1. The molecule has 2 aromatic carbocycles. The zero-order valence-electron chi connectivity index (χ0n) is 13.2. The molecule has 0 fully saturated rings. The molecule has 120 valence electrons. The van der Waals surface area contributed by atoms with Crippen molar-refractivity contribution in [3.8, 4) is 11.5 Å². The van der Waals surface area contributed by atoms with Gasteiger partial charge in [-0.2, -0.15) is 0 Å². The van der Waals surface area contributed by atoms with Crippen molar-refractivity contribution in [2.24, 2.45) is 0 Å². The van der Waals surface area contributed by atoms with E-state index in [2.05, 4.69) is 21.2 Å². The number of amides is 1. The van der Waals surface area contributed by atoms with Crippen molar-refractivity contribution in [3.05, 3.63) is 58.1 Å². The van der Waals surface area contributed by atoms with Gasteiger partial charge in [0.15, 0.2) is 11.5 Å². The number of methoxy groups -OCH3 is 2. The summed E-state index contributed by atoms with van der Waals surface area (Å²) < 4.78 is 11.3. The second-order valence-electron chi connectivity index (χ2n) is 4.88. The molecule has 2 rings (SSSR count). The van der Waals surface area contributed by atoms with Crippen molar-refractivity contribution in [1.29, 1.82) is 0 Å². The van der Waals surface area contributed by atoms with Crippen LogP contribution in [0.4, 0.5) is 5.69 Å². The summed E-state index contributed by atoms with van der Waals surface area (Å²) in [6, 6.07) is 11.3. The second kappa shape index (κ2) is 7.83. The van der Waals surface area contributed by atoms with Crippen LogP contribution in [-0.2, 0) is 4.79 Å². The molecule has 5 heteroatoms. The van der Waals surface area contributed by atoms with Crippen molar-refractivity contribution in [2.45, 2.75) is 6.92 Å². The van der Waals surface area contributed by atoms with Crippen LogP contribution in [0, 0.1) is 6.92 Å². The molecule has 2 aromatic rings. The Morgan fingerprint density at radius 2 is 1.91 bits per heavy atom. The van der Waals surface area contributed by atoms with E-state index < -0.39 is 0 Å². The van der Waals surface area contributed by atoms with E-state index in [1.165, 1.54) is 6.08 Å². The molecule has 0 unspecified atom stereocenters.